The molecule has 0 saturated heterocycles. The van der Waals surface area contributed by atoms with Crippen LogP contribution in [0.4, 0.5) is 4.79 Å². The molecule has 0 aromatic rings. The second-order valence-electron chi connectivity index (χ2n) is 1.98. The number of ether oxygens (including phenoxy) is 1. The van der Waals surface area contributed by atoms with Crippen LogP contribution in [-0.4, -0.2) is 6.09 Å². The molecular formula is C7H11NO2. The molecule has 56 valence electrons. The average molecular weight is 141 g/mol. The van der Waals surface area contributed by atoms with E-state index in [4.69, 9.17) is 0 Å². The summed E-state index contributed by atoms with van der Waals surface area (Å²) in [7, 11) is 0. The third-order valence-corrected chi connectivity index (χ3v) is 1.07. The normalized spacial score (nSPS) is 11.0. The smallest absolute Gasteiger partial charge is 0.356 e. The molecule has 0 saturated carbocycles. The summed E-state index contributed by atoms with van der Waals surface area (Å²) in [6.07, 6.45) is 2.30. The van der Waals surface area contributed by atoms with E-state index in [1.54, 1.807) is 0 Å². The highest BCUT2D eigenvalue weighted by Crippen LogP contribution is 1.95. The van der Waals surface area contributed by atoms with Crippen molar-refractivity contribution in [3.63, 3.8) is 0 Å². The van der Waals surface area contributed by atoms with Gasteiger partial charge in [0.15, 0.2) is 0 Å². The molecule has 0 rings (SSSR count). The van der Waals surface area contributed by atoms with Crippen molar-refractivity contribution in [1.29, 1.82) is 0 Å². The van der Waals surface area contributed by atoms with E-state index in [2.05, 4.69) is 22.5 Å². The highest BCUT2D eigenvalue weighted by Gasteiger charge is 1.90. The molecule has 0 aromatic heterocycles. The highest BCUT2D eigenvalue weighted by molar-refractivity contribution is 5.65. The lowest BCUT2D eigenvalue weighted by Crippen LogP contribution is -2.09. The topological polar surface area (TPSA) is 52.3 Å². The molecule has 0 bridgehead atoms. The van der Waals surface area contributed by atoms with Crippen LogP contribution in [0.15, 0.2) is 0 Å². The quantitative estimate of drug-likeness (QED) is 0.556. The van der Waals surface area contributed by atoms with Crippen LogP contribution in [0.2, 0.25) is 0 Å². The summed E-state index contributed by atoms with van der Waals surface area (Å²) in [6, 6.07) is 0. The van der Waals surface area contributed by atoms with Gasteiger partial charge in [0, 0.05) is 5.92 Å². The molecule has 0 aliphatic heterocycles. The monoisotopic (exact) mass is 141 g/mol. The maximum atomic E-state index is 9.97. The lowest BCUT2D eigenvalue weighted by Gasteiger charge is -1.92. The van der Waals surface area contributed by atoms with E-state index in [0.717, 1.165) is 6.42 Å². The molecule has 0 aliphatic carbocycles. The van der Waals surface area contributed by atoms with Gasteiger partial charge < -0.3 is 10.5 Å². The molecule has 0 fully saturated rings. The highest BCUT2D eigenvalue weighted by atomic mass is 16.5. The van der Waals surface area contributed by atoms with Gasteiger partial charge in [0.2, 0.25) is 0 Å². The minimum Gasteiger partial charge on any atom is -0.356 e. The van der Waals surface area contributed by atoms with Crippen molar-refractivity contribution in [1.82, 2.24) is 0 Å². The largest absolute Gasteiger partial charge is 0.418 e. The fraction of sp³-hybridized carbons (Fsp3) is 0.571. The van der Waals surface area contributed by atoms with E-state index in [-0.39, 0.29) is 5.92 Å². The number of rotatable bonds is 1. The van der Waals surface area contributed by atoms with Crippen molar-refractivity contribution in [3.8, 4) is 12.0 Å². The number of carbonyl (C=O) groups excluding carboxylic acids is 1. The maximum Gasteiger partial charge on any atom is 0.418 e. The summed E-state index contributed by atoms with van der Waals surface area (Å²) in [5, 5.41) is 0. The fourth-order valence-corrected chi connectivity index (χ4v) is 0.282. The zero-order chi connectivity index (χ0) is 7.98. The first-order chi connectivity index (χ1) is 4.66. The first-order valence-corrected chi connectivity index (χ1v) is 3.13. The summed E-state index contributed by atoms with van der Waals surface area (Å²) in [4.78, 5) is 9.97. The summed E-state index contributed by atoms with van der Waals surface area (Å²) in [5.74, 6) is 2.94. The molecule has 10 heavy (non-hydrogen) atoms. The Labute approximate surface area is 60.5 Å². The van der Waals surface area contributed by atoms with Gasteiger partial charge in [0.1, 0.15) is 6.11 Å². The second kappa shape index (κ2) is 4.68. The van der Waals surface area contributed by atoms with Crippen LogP contribution < -0.4 is 5.73 Å². The van der Waals surface area contributed by atoms with Crippen LogP contribution in [0, 0.1) is 17.9 Å². The predicted octanol–water partition coefficient (Wildman–Crippen LogP) is 1.09. The fourth-order valence-electron chi connectivity index (χ4n) is 0.282. The van der Waals surface area contributed by atoms with E-state index in [1.807, 2.05) is 13.8 Å². The van der Waals surface area contributed by atoms with Gasteiger partial charge in [-0.05, 0) is 6.42 Å². The van der Waals surface area contributed by atoms with Crippen molar-refractivity contribution in [2.75, 3.05) is 0 Å². The van der Waals surface area contributed by atoms with Crippen molar-refractivity contribution in [2.24, 2.45) is 11.7 Å². The van der Waals surface area contributed by atoms with Gasteiger partial charge in [-0.2, -0.15) is 0 Å². The summed E-state index contributed by atoms with van der Waals surface area (Å²) < 4.78 is 4.19. The van der Waals surface area contributed by atoms with Gasteiger partial charge >= 0.3 is 6.09 Å². The standard InChI is InChI=1S/C7H11NO2/c1-3-6(2)4-5-10-7(8)9/h6H,3H2,1-2H3,(H2,8,9). The van der Waals surface area contributed by atoms with E-state index < -0.39 is 6.09 Å². The van der Waals surface area contributed by atoms with Crippen molar-refractivity contribution >= 4 is 6.09 Å². The molecule has 0 radical (unpaired) electrons. The molecule has 2 N–H and O–H groups in total. The van der Waals surface area contributed by atoms with Crippen LogP contribution in [0.5, 0.6) is 0 Å². The molecule has 1 unspecified atom stereocenters. The van der Waals surface area contributed by atoms with Gasteiger partial charge in [-0.25, -0.2) is 4.79 Å². The second-order valence-corrected chi connectivity index (χ2v) is 1.98. The Balaban J connectivity index is 3.58. The van der Waals surface area contributed by atoms with Gasteiger partial charge in [-0.3, -0.25) is 0 Å². The molecule has 0 aliphatic rings. The van der Waals surface area contributed by atoms with Gasteiger partial charge in [-0.1, -0.05) is 19.8 Å². The molecule has 0 spiro atoms. The van der Waals surface area contributed by atoms with Crippen molar-refractivity contribution in [3.05, 3.63) is 0 Å². The predicted molar refractivity (Wildman–Crippen MR) is 37.9 cm³/mol. The number of hydrogen-bond acceptors (Lipinski definition) is 2. The van der Waals surface area contributed by atoms with Crippen LogP contribution in [-0.2, 0) is 4.74 Å². The van der Waals surface area contributed by atoms with E-state index >= 15 is 0 Å². The van der Waals surface area contributed by atoms with Crippen molar-refractivity contribution in [2.45, 2.75) is 20.3 Å². The minimum atomic E-state index is -0.851. The third-order valence-electron chi connectivity index (χ3n) is 1.07. The van der Waals surface area contributed by atoms with E-state index in [0.29, 0.717) is 0 Å². The van der Waals surface area contributed by atoms with Crippen LogP contribution >= 0.6 is 0 Å². The lowest BCUT2D eigenvalue weighted by atomic mass is 10.1. The molecule has 0 aromatic carbocycles. The van der Waals surface area contributed by atoms with E-state index in [9.17, 15) is 4.79 Å². The minimum absolute atomic E-state index is 0.249. The number of primary amides is 1. The molecule has 3 heteroatoms. The van der Waals surface area contributed by atoms with Crippen LogP contribution in [0.25, 0.3) is 0 Å². The zero-order valence-corrected chi connectivity index (χ0v) is 6.18. The summed E-state index contributed by atoms with van der Waals surface area (Å²) >= 11 is 0. The Hall–Kier alpha value is -1.17. The molecule has 1 amide bonds. The summed E-state index contributed by atoms with van der Waals surface area (Å²) in [5.41, 5.74) is 4.66. The number of amides is 1. The molecule has 1 atom stereocenters. The lowest BCUT2D eigenvalue weighted by molar-refractivity contribution is 0.202. The Morgan fingerprint density at radius 3 is 2.80 bits per heavy atom. The third kappa shape index (κ3) is 4.98. The first kappa shape index (κ1) is 8.83. The number of carbonyl (C=O) groups is 1. The molecule has 3 nitrogen and oxygen atoms in total. The number of hydrogen-bond donors (Lipinski definition) is 1. The van der Waals surface area contributed by atoms with Crippen LogP contribution in [0.1, 0.15) is 20.3 Å². The van der Waals surface area contributed by atoms with Gasteiger partial charge in [0.05, 0.1) is 0 Å². The van der Waals surface area contributed by atoms with Crippen molar-refractivity contribution < 1.29 is 9.53 Å². The first-order valence-electron chi connectivity index (χ1n) is 3.13. The van der Waals surface area contributed by atoms with E-state index in [1.165, 1.54) is 0 Å². The Morgan fingerprint density at radius 2 is 2.40 bits per heavy atom. The summed E-state index contributed by atoms with van der Waals surface area (Å²) in [6.45, 7) is 3.95. The van der Waals surface area contributed by atoms with Gasteiger partial charge in [0.25, 0.3) is 0 Å². The Morgan fingerprint density at radius 1 is 1.80 bits per heavy atom. The van der Waals surface area contributed by atoms with Gasteiger partial charge in [-0.15, -0.1) is 0 Å². The zero-order valence-electron chi connectivity index (χ0n) is 6.18. The number of nitrogens with two attached hydrogens (primary N) is 1. The maximum absolute atomic E-state index is 9.97. The Bertz CT molecular complexity index is 166. The molecule has 0 heterocycles. The Kier molecular flexibility index (Phi) is 4.14. The SMILES string of the molecule is CCC(C)C#COC(N)=O. The average Bonchev–Trinajstić information content (AvgIpc) is 1.87. The molecular weight excluding hydrogens is 130 g/mol. The van der Waals surface area contributed by atoms with Crippen LogP contribution in [0.3, 0.4) is 0 Å².